The summed E-state index contributed by atoms with van der Waals surface area (Å²) in [5.74, 6) is 0.177. The fraction of sp³-hybridized carbons (Fsp3) is 0.286. The van der Waals surface area contributed by atoms with E-state index in [4.69, 9.17) is 11.6 Å². The van der Waals surface area contributed by atoms with Crippen LogP contribution >= 0.6 is 11.6 Å². The molecule has 0 aliphatic carbocycles. The number of nitrogens with one attached hydrogen (secondary N) is 2. The van der Waals surface area contributed by atoms with Crippen molar-refractivity contribution in [1.82, 2.24) is 14.7 Å². The van der Waals surface area contributed by atoms with Crippen molar-refractivity contribution < 1.29 is 4.79 Å². The SMILES string of the molecule is Cc1ccc2nc(CNc3ccc(C(=O)NCC(C)C)c(Cl)c3)cc(=O)n2c1. The number of carbonyl (C=O) groups is 1. The minimum atomic E-state index is -0.190. The fourth-order valence-electron chi connectivity index (χ4n) is 2.74. The minimum absolute atomic E-state index is 0.124. The molecule has 3 aromatic rings. The summed E-state index contributed by atoms with van der Waals surface area (Å²) in [6.07, 6.45) is 1.77. The molecule has 2 heterocycles. The zero-order valence-electron chi connectivity index (χ0n) is 16.1. The molecule has 0 fully saturated rings. The summed E-state index contributed by atoms with van der Waals surface area (Å²) in [7, 11) is 0. The highest BCUT2D eigenvalue weighted by Crippen LogP contribution is 2.21. The van der Waals surface area contributed by atoms with Gasteiger partial charge in [0, 0.05) is 24.5 Å². The van der Waals surface area contributed by atoms with Crippen LogP contribution in [0.3, 0.4) is 0 Å². The van der Waals surface area contributed by atoms with Gasteiger partial charge in [-0.05, 0) is 42.7 Å². The summed E-state index contributed by atoms with van der Waals surface area (Å²) in [6, 6.07) is 10.4. The Morgan fingerprint density at radius 3 is 2.71 bits per heavy atom. The Balaban J connectivity index is 1.72. The predicted molar refractivity (Wildman–Crippen MR) is 112 cm³/mol. The van der Waals surface area contributed by atoms with Gasteiger partial charge in [-0.15, -0.1) is 0 Å². The number of aromatic nitrogens is 2. The molecule has 1 aromatic carbocycles. The standard InChI is InChI=1S/C21H23ClN4O2/c1-13(2)10-24-21(28)17-6-5-15(8-18(17)22)23-11-16-9-20(27)26-12-14(3)4-7-19(26)25-16/h4-9,12-13,23H,10-11H2,1-3H3,(H,24,28). The van der Waals surface area contributed by atoms with Crippen molar-refractivity contribution in [2.24, 2.45) is 5.92 Å². The molecule has 28 heavy (non-hydrogen) atoms. The molecular weight excluding hydrogens is 376 g/mol. The average molecular weight is 399 g/mol. The Labute approximate surface area is 168 Å². The van der Waals surface area contributed by atoms with Crippen molar-refractivity contribution in [3.8, 4) is 0 Å². The lowest BCUT2D eigenvalue weighted by Gasteiger charge is -2.11. The molecule has 3 rings (SSSR count). The molecule has 2 N–H and O–H groups in total. The van der Waals surface area contributed by atoms with E-state index >= 15 is 0 Å². The van der Waals surface area contributed by atoms with Crippen LogP contribution in [0.2, 0.25) is 5.02 Å². The van der Waals surface area contributed by atoms with E-state index in [0.717, 1.165) is 11.3 Å². The molecule has 146 valence electrons. The van der Waals surface area contributed by atoms with E-state index in [2.05, 4.69) is 15.6 Å². The van der Waals surface area contributed by atoms with Crippen LogP contribution in [0.5, 0.6) is 0 Å². The lowest BCUT2D eigenvalue weighted by atomic mass is 10.1. The maximum Gasteiger partial charge on any atom is 0.258 e. The van der Waals surface area contributed by atoms with E-state index < -0.39 is 0 Å². The molecule has 0 spiro atoms. The molecule has 0 radical (unpaired) electrons. The second-order valence-electron chi connectivity index (χ2n) is 7.17. The molecule has 2 aromatic heterocycles. The van der Waals surface area contributed by atoms with Gasteiger partial charge in [-0.2, -0.15) is 0 Å². The average Bonchev–Trinajstić information content (AvgIpc) is 2.65. The third-order valence-corrected chi connectivity index (χ3v) is 4.53. The van der Waals surface area contributed by atoms with E-state index in [9.17, 15) is 9.59 Å². The molecule has 0 unspecified atom stereocenters. The largest absolute Gasteiger partial charge is 0.379 e. The fourth-order valence-corrected chi connectivity index (χ4v) is 3.01. The Bertz CT molecular complexity index is 1080. The molecular formula is C21H23ClN4O2. The first kappa shape index (κ1) is 19.9. The van der Waals surface area contributed by atoms with Crippen LogP contribution in [0.4, 0.5) is 5.69 Å². The van der Waals surface area contributed by atoms with E-state index in [1.807, 2.05) is 32.9 Å². The van der Waals surface area contributed by atoms with E-state index in [-0.39, 0.29) is 11.5 Å². The van der Waals surface area contributed by atoms with Gasteiger partial charge < -0.3 is 10.6 Å². The number of carbonyl (C=O) groups excluding carboxylic acids is 1. The van der Waals surface area contributed by atoms with Gasteiger partial charge in [0.1, 0.15) is 5.65 Å². The van der Waals surface area contributed by atoms with E-state index in [1.54, 1.807) is 24.4 Å². The third kappa shape index (κ3) is 4.70. The van der Waals surface area contributed by atoms with Crippen LogP contribution in [0, 0.1) is 12.8 Å². The molecule has 1 amide bonds. The monoisotopic (exact) mass is 398 g/mol. The van der Waals surface area contributed by atoms with Crippen molar-refractivity contribution in [1.29, 1.82) is 0 Å². The highest BCUT2D eigenvalue weighted by atomic mass is 35.5. The Morgan fingerprint density at radius 2 is 2.00 bits per heavy atom. The number of benzene rings is 1. The molecule has 0 atom stereocenters. The number of nitrogens with zero attached hydrogens (tertiary/aromatic N) is 2. The summed E-state index contributed by atoms with van der Waals surface area (Å²) >= 11 is 6.27. The van der Waals surface area contributed by atoms with Gasteiger partial charge in [-0.3, -0.25) is 14.0 Å². The van der Waals surface area contributed by atoms with Crippen LogP contribution in [0.1, 0.15) is 35.5 Å². The van der Waals surface area contributed by atoms with Crippen molar-refractivity contribution in [3.05, 3.63) is 74.8 Å². The van der Waals surface area contributed by atoms with E-state index in [0.29, 0.717) is 40.9 Å². The van der Waals surface area contributed by atoms with Gasteiger partial charge in [-0.25, -0.2) is 4.98 Å². The van der Waals surface area contributed by atoms with Gasteiger partial charge in [0.15, 0.2) is 0 Å². The first-order chi connectivity index (χ1) is 13.3. The van der Waals surface area contributed by atoms with Crippen molar-refractivity contribution >= 4 is 28.8 Å². The summed E-state index contributed by atoms with van der Waals surface area (Å²) in [5, 5.41) is 6.42. The summed E-state index contributed by atoms with van der Waals surface area (Å²) < 4.78 is 1.53. The highest BCUT2D eigenvalue weighted by molar-refractivity contribution is 6.34. The van der Waals surface area contributed by atoms with Gasteiger partial charge in [0.25, 0.3) is 11.5 Å². The number of hydrogen-bond acceptors (Lipinski definition) is 4. The number of amides is 1. The molecule has 7 heteroatoms. The highest BCUT2D eigenvalue weighted by Gasteiger charge is 2.11. The smallest absolute Gasteiger partial charge is 0.258 e. The maximum atomic E-state index is 12.3. The molecule has 0 saturated carbocycles. The zero-order valence-corrected chi connectivity index (χ0v) is 16.9. The van der Waals surface area contributed by atoms with Gasteiger partial charge >= 0.3 is 0 Å². The Morgan fingerprint density at radius 1 is 1.21 bits per heavy atom. The number of halogens is 1. The molecule has 6 nitrogen and oxygen atoms in total. The number of fused-ring (bicyclic) bond motifs is 1. The van der Waals surface area contributed by atoms with Crippen molar-refractivity contribution in [2.45, 2.75) is 27.3 Å². The lowest BCUT2D eigenvalue weighted by Crippen LogP contribution is -2.27. The Hall–Kier alpha value is -2.86. The first-order valence-corrected chi connectivity index (χ1v) is 9.52. The maximum absolute atomic E-state index is 12.3. The third-order valence-electron chi connectivity index (χ3n) is 4.22. The topological polar surface area (TPSA) is 75.5 Å². The van der Waals surface area contributed by atoms with Crippen LogP contribution in [-0.4, -0.2) is 21.8 Å². The summed E-state index contributed by atoms with van der Waals surface area (Å²) in [4.78, 5) is 29.0. The second-order valence-corrected chi connectivity index (χ2v) is 7.58. The number of hydrogen-bond donors (Lipinski definition) is 2. The number of aryl methyl sites for hydroxylation is 1. The molecule has 0 bridgehead atoms. The second kappa shape index (κ2) is 8.44. The normalized spacial score (nSPS) is 11.0. The van der Waals surface area contributed by atoms with Crippen LogP contribution in [0.25, 0.3) is 5.65 Å². The summed E-state index contributed by atoms with van der Waals surface area (Å²) in [5.41, 5.74) is 3.28. The van der Waals surface area contributed by atoms with E-state index in [1.165, 1.54) is 10.5 Å². The quantitative estimate of drug-likeness (QED) is 0.664. The molecule has 0 aliphatic heterocycles. The minimum Gasteiger partial charge on any atom is -0.379 e. The number of pyridine rings is 1. The van der Waals surface area contributed by atoms with Gasteiger partial charge in [0.05, 0.1) is 22.8 Å². The Kier molecular flexibility index (Phi) is 5.99. The van der Waals surface area contributed by atoms with Gasteiger partial charge in [-0.1, -0.05) is 31.5 Å². The molecule has 0 saturated heterocycles. The predicted octanol–water partition coefficient (Wildman–Crippen LogP) is 3.65. The summed E-state index contributed by atoms with van der Waals surface area (Å²) in [6.45, 7) is 6.95. The number of rotatable bonds is 6. The van der Waals surface area contributed by atoms with Crippen LogP contribution in [-0.2, 0) is 6.54 Å². The first-order valence-electron chi connectivity index (χ1n) is 9.14. The number of anilines is 1. The lowest BCUT2D eigenvalue weighted by molar-refractivity contribution is 0.0949. The van der Waals surface area contributed by atoms with Gasteiger partial charge in [0.2, 0.25) is 0 Å². The van der Waals surface area contributed by atoms with Crippen molar-refractivity contribution in [2.75, 3.05) is 11.9 Å². The van der Waals surface area contributed by atoms with Crippen LogP contribution in [0.15, 0.2) is 47.4 Å². The van der Waals surface area contributed by atoms with Crippen molar-refractivity contribution in [3.63, 3.8) is 0 Å². The molecule has 0 aliphatic rings. The van der Waals surface area contributed by atoms with Crippen LogP contribution < -0.4 is 16.2 Å². The zero-order chi connectivity index (χ0) is 20.3.